The van der Waals surface area contributed by atoms with Crippen molar-refractivity contribution in [2.45, 2.75) is 26.3 Å². The minimum absolute atomic E-state index is 0.123. The summed E-state index contributed by atoms with van der Waals surface area (Å²) in [5.74, 6) is -0.163. The van der Waals surface area contributed by atoms with Crippen LogP contribution in [-0.4, -0.2) is 21.9 Å². The van der Waals surface area contributed by atoms with Crippen LogP contribution in [0.3, 0.4) is 0 Å². The second-order valence-electron chi connectivity index (χ2n) is 5.72. The lowest BCUT2D eigenvalue weighted by Crippen LogP contribution is -2.32. The smallest absolute Gasteiger partial charge is 0.270 e. The van der Waals surface area contributed by atoms with Gasteiger partial charge >= 0.3 is 0 Å². The normalized spacial score (nSPS) is 11.9. The fourth-order valence-electron chi connectivity index (χ4n) is 2.39. The maximum absolute atomic E-state index is 12.2. The fourth-order valence-corrected chi connectivity index (χ4v) is 2.39. The molecule has 1 aromatic carbocycles. The second-order valence-corrected chi connectivity index (χ2v) is 5.72. The van der Waals surface area contributed by atoms with Gasteiger partial charge in [0.05, 0.1) is 11.2 Å². The third-order valence-electron chi connectivity index (χ3n) is 3.89. The molecule has 1 atom stereocenters. The number of amides is 1. The molecular formula is C19H20N4O. The van der Waals surface area contributed by atoms with Crippen molar-refractivity contribution in [1.82, 2.24) is 15.3 Å². The number of carbonyl (C=O) groups excluding carboxylic acids is 1. The van der Waals surface area contributed by atoms with E-state index in [1.54, 1.807) is 18.5 Å². The van der Waals surface area contributed by atoms with E-state index in [0.717, 1.165) is 28.7 Å². The standard InChI is InChI=1S/C19H20N4O/c1-3-13(2)22-19(24)17-12-15(9-11-20-17)23-16-8-4-6-14-7-5-10-21-18(14)16/h4-13H,3H2,1-2H3,(H,20,23)(H,22,24). The topological polar surface area (TPSA) is 66.9 Å². The van der Waals surface area contributed by atoms with E-state index in [0.29, 0.717) is 5.69 Å². The van der Waals surface area contributed by atoms with E-state index >= 15 is 0 Å². The highest BCUT2D eigenvalue weighted by Gasteiger charge is 2.11. The fraction of sp³-hybridized carbons (Fsp3) is 0.211. The van der Waals surface area contributed by atoms with E-state index in [1.807, 2.05) is 50.2 Å². The van der Waals surface area contributed by atoms with Gasteiger partial charge in [0.1, 0.15) is 5.69 Å². The molecule has 1 unspecified atom stereocenters. The number of para-hydroxylation sites is 1. The summed E-state index contributed by atoms with van der Waals surface area (Å²) in [6.45, 7) is 4.01. The Morgan fingerprint density at radius 1 is 1.12 bits per heavy atom. The summed E-state index contributed by atoms with van der Waals surface area (Å²) in [5, 5.41) is 7.31. The first-order chi connectivity index (χ1) is 11.7. The molecule has 3 rings (SSSR count). The first kappa shape index (κ1) is 15.9. The Hall–Kier alpha value is -2.95. The van der Waals surface area contributed by atoms with Gasteiger partial charge in [-0.05, 0) is 37.6 Å². The second kappa shape index (κ2) is 7.08. The predicted molar refractivity (Wildman–Crippen MR) is 96.5 cm³/mol. The average molecular weight is 320 g/mol. The average Bonchev–Trinajstić information content (AvgIpc) is 2.62. The van der Waals surface area contributed by atoms with Crippen LogP contribution in [0.25, 0.3) is 10.9 Å². The van der Waals surface area contributed by atoms with Gasteiger partial charge in [-0.15, -0.1) is 0 Å². The molecule has 2 heterocycles. The minimum Gasteiger partial charge on any atom is -0.354 e. The number of anilines is 2. The molecule has 2 N–H and O–H groups in total. The summed E-state index contributed by atoms with van der Waals surface area (Å²) in [6, 6.07) is 13.6. The zero-order valence-corrected chi connectivity index (χ0v) is 13.8. The highest BCUT2D eigenvalue weighted by Crippen LogP contribution is 2.24. The zero-order chi connectivity index (χ0) is 16.9. The van der Waals surface area contributed by atoms with E-state index in [-0.39, 0.29) is 11.9 Å². The number of benzene rings is 1. The molecule has 0 aliphatic rings. The van der Waals surface area contributed by atoms with E-state index in [9.17, 15) is 4.79 Å². The Kier molecular flexibility index (Phi) is 4.70. The number of aromatic nitrogens is 2. The molecule has 0 radical (unpaired) electrons. The lowest BCUT2D eigenvalue weighted by atomic mass is 10.2. The summed E-state index contributed by atoms with van der Waals surface area (Å²) in [7, 11) is 0. The van der Waals surface area contributed by atoms with Crippen LogP contribution in [0, 0.1) is 0 Å². The van der Waals surface area contributed by atoms with E-state index in [4.69, 9.17) is 0 Å². The first-order valence-electron chi connectivity index (χ1n) is 8.05. The third kappa shape index (κ3) is 3.51. The largest absolute Gasteiger partial charge is 0.354 e. The van der Waals surface area contributed by atoms with Gasteiger partial charge in [0.2, 0.25) is 0 Å². The van der Waals surface area contributed by atoms with Crippen molar-refractivity contribution in [2.75, 3.05) is 5.32 Å². The van der Waals surface area contributed by atoms with Gasteiger partial charge in [-0.1, -0.05) is 25.1 Å². The third-order valence-corrected chi connectivity index (χ3v) is 3.89. The molecule has 5 nitrogen and oxygen atoms in total. The molecule has 0 spiro atoms. The summed E-state index contributed by atoms with van der Waals surface area (Å²) in [5.41, 5.74) is 2.99. The van der Waals surface area contributed by atoms with Crippen LogP contribution >= 0.6 is 0 Å². The molecule has 0 aliphatic heterocycles. The van der Waals surface area contributed by atoms with Gasteiger partial charge in [0.15, 0.2) is 0 Å². The van der Waals surface area contributed by atoms with Crippen molar-refractivity contribution < 1.29 is 4.79 Å². The summed E-state index contributed by atoms with van der Waals surface area (Å²) >= 11 is 0. The summed E-state index contributed by atoms with van der Waals surface area (Å²) < 4.78 is 0. The van der Waals surface area contributed by atoms with Crippen molar-refractivity contribution in [2.24, 2.45) is 0 Å². The predicted octanol–water partition coefficient (Wildman–Crippen LogP) is 3.90. The molecule has 122 valence electrons. The van der Waals surface area contributed by atoms with Crippen LogP contribution < -0.4 is 10.6 Å². The van der Waals surface area contributed by atoms with E-state index in [1.165, 1.54) is 0 Å². The van der Waals surface area contributed by atoms with Crippen LogP contribution in [0.2, 0.25) is 0 Å². The van der Waals surface area contributed by atoms with Gasteiger partial charge in [-0.2, -0.15) is 0 Å². The van der Waals surface area contributed by atoms with Crippen LogP contribution in [0.5, 0.6) is 0 Å². The molecule has 0 aliphatic carbocycles. The SMILES string of the molecule is CCC(C)NC(=O)c1cc(Nc2cccc3cccnc23)ccn1. The van der Waals surface area contributed by atoms with Gasteiger partial charge < -0.3 is 10.6 Å². The van der Waals surface area contributed by atoms with Crippen molar-refractivity contribution in [1.29, 1.82) is 0 Å². The van der Waals surface area contributed by atoms with Crippen LogP contribution in [-0.2, 0) is 0 Å². The molecule has 0 bridgehead atoms. The number of hydrogen-bond acceptors (Lipinski definition) is 4. The minimum atomic E-state index is -0.163. The number of pyridine rings is 2. The number of hydrogen-bond donors (Lipinski definition) is 2. The molecular weight excluding hydrogens is 300 g/mol. The number of nitrogens with zero attached hydrogens (tertiary/aromatic N) is 2. The molecule has 1 amide bonds. The Labute approximate surface area is 141 Å². The summed E-state index contributed by atoms with van der Waals surface area (Å²) in [6.07, 6.45) is 4.28. The summed E-state index contributed by atoms with van der Waals surface area (Å²) in [4.78, 5) is 20.8. The molecule has 0 saturated carbocycles. The van der Waals surface area contributed by atoms with Crippen molar-refractivity contribution in [3.63, 3.8) is 0 Å². The zero-order valence-electron chi connectivity index (χ0n) is 13.8. The van der Waals surface area contributed by atoms with Crippen molar-refractivity contribution >= 4 is 28.2 Å². The monoisotopic (exact) mass is 320 g/mol. The van der Waals surface area contributed by atoms with Gasteiger partial charge in [0.25, 0.3) is 5.91 Å². The lowest BCUT2D eigenvalue weighted by Gasteiger charge is -2.12. The Morgan fingerprint density at radius 3 is 2.79 bits per heavy atom. The van der Waals surface area contributed by atoms with Gasteiger partial charge in [-0.3, -0.25) is 14.8 Å². The number of carbonyl (C=O) groups is 1. The van der Waals surface area contributed by atoms with Crippen molar-refractivity contribution in [3.8, 4) is 0 Å². The number of fused-ring (bicyclic) bond motifs is 1. The van der Waals surface area contributed by atoms with Crippen LogP contribution in [0.4, 0.5) is 11.4 Å². The number of nitrogens with one attached hydrogen (secondary N) is 2. The maximum Gasteiger partial charge on any atom is 0.270 e. The Bertz CT molecular complexity index is 857. The molecule has 2 aromatic heterocycles. The lowest BCUT2D eigenvalue weighted by molar-refractivity contribution is 0.0934. The highest BCUT2D eigenvalue weighted by molar-refractivity contribution is 5.95. The molecule has 24 heavy (non-hydrogen) atoms. The molecule has 0 saturated heterocycles. The first-order valence-corrected chi connectivity index (χ1v) is 8.05. The maximum atomic E-state index is 12.2. The molecule has 3 aromatic rings. The number of rotatable bonds is 5. The van der Waals surface area contributed by atoms with Crippen LogP contribution in [0.1, 0.15) is 30.8 Å². The van der Waals surface area contributed by atoms with Crippen molar-refractivity contribution in [3.05, 3.63) is 60.6 Å². The Balaban J connectivity index is 1.85. The van der Waals surface area contributed by atoms with Gasteiger partial charge in [0, 0.05) is 29.5 Å². The van der Waals surface area contributed by atoms with Crippen LogP contribution in [0.15, 0.2) is 54.9 Å². The molecule has 5 heteroatoms. The quantitative estimate of drug-likeness (QED) is 0.748. The van der Waals surface area contributed by atoms with E-state index in [2.05, 4.69) is 20.6 Å². The molecule has 0 fully saturated rings. The Morgan fingerprint density at radius 2 is 1.96 bits per heavy atom. The van der Waals surface area contributed by atoms with Gasteiger partial charge in [-0.25, -0.2) is 0 Å². The van der Waals surface area contributed by atoms with E-state index < -0.39 is 0 Å². The highest BCUT2D eigenvalue weighted by atomic mass is 16.1.